The third kappa shape index (κ3) is 3.88. The molecule has 0 fully saturated rings. The first-order chi connectivity index (χ1) is 14.0. The first-order valence-corrected chi connectivity index (χ1v) is 9.40. The second-order valence-electron chi connectivity index (χ2n) is 6.69. The van der Waals surface area contributed by atoms with Crippen LogP contribution >= 0.6 is 11.6 Å². The van der Waals surface area contributed by atoms with Crippen molar-refractivity contribution >= 4 is 34.6 Å². The summed E-state index contributed by atoms with van der Waals surface area (Å²) in [5, 5.41) is 12.6. The number of nitrogens with zero attached hydrogens (tertiary/aromatic N) is 3. The lowest BCUT2D eigenvalue weighted by Gasteiger charge is -2.08. The van der Waals surface area contributed by atoms with Crippen molar-refractivity contribution in [2.45, 2.75) is 13.8 Å². The van der Waals surface area contributed by atoms with Gasteiger partial charge < -0.3 is 0 Å². The largest absolute Gasteiger partial charge is 0.277 e. The number of para-hydroxylation sites is 1. The van der Waals surface area contributed by atoms with Crippen LogP contribution in [0.25, 0.3) is 22.2 Å². The monoisotopic (exact) mass is 403 g/mol. The van der Waals surface area contributed by atoms with E-state index in [0.717, 1.165) is 39.0 Å². The van der Waals surface area contributed by atoms with E-state index < -0.39 is 0 Å². The molecule has 1 amide bonds. The van der Waals surface area contributed by atoms with E-state index in [-0.39, 0.29) is 5.91 Å². The molecule has 0 bridgehead atoms. The third-order valence-electron chi connectivity index (χ3n) is 4.59. The molecule has 29 heavy (non-hydrogen) atoms. The third-order valence-corrected chi connectivity index (χ3v) is 4.84. The number of aromatic nitrogens is 3. The Bertz CT molecular complexity index is 1230. The van der Waals surface area contributed by atoms with Crippen molar-refractivity contribution in [3.8, 4) is 11.3 Å². The highest BCUT2D eigenvalue weighted by molar-refractivity contribution is 6.30. The van der Waals surface area contributed by atoms with E-state index in [2.05, 4.69) is 25.7 Å². The van der Waals surface area contributed by atoms with Gasteiger partial charge in [-0.15, -0.1) is 0 Å². The molecule has 0 saturated heterocycles. The van der Waals surface area contributed by atoms with E-state index in [0.29, 0.717) is 10.6 Å². The van der Waals surface area contributed by atoms with Gasteiger partial charge in [-0.2, -0.15) is 10.2 Å². The Morgan fingerprint density at radius 3 is 2.76 bits per heavy atom. The van der Waals surface area contributed by atoms with Crippen LogP contribution in [0, 0.1) is 13.8 Å². The minimum atomic E-state index is -0.293. The fraction of sp³-hybridized carbons (Fsp3) is 0.0909. The summed E-state index contributed by atoms with van der Waals surface area (Å²) in [6.45, 7) is 3.85. The van der Waals surface area contributed by atoms with Crippen LogP contribution in [0.1, 0.15) is 27.2 Å². The standard InChI is InChI=1S/C22H18ClN5O/c1-13-4-3-5-18-19(10-14(2)26-20(13)18)22(29)28-25-12-16-11-24-27-21(16)15-6-8-17(23)9-7-15/h3-12H,1-2H3,(H,24,27)(H,28,29)/b25-12-. The zero-order valence-corrected chi connectivity index (χ0v) is 16.7. The molecule has 7 heteroatoms. The Kier molecular flexibility index (Phi) is 5.10. The fourth-order valence-corrected chi connectivity index (χ4v) is 3.30. The van der Waals surface area contributed by atoms with Gasteiger partial charge in [-0.1, -0.05) is 41.9 Å². The van der Waals surface area contributed by atoms with Crippen LogP contribution in [0.3, 0.4) is 0 Å². The number of halogens is 1. The van der Waals surface area contributed by atoms with Gasteiger partial charge in [-0.05, 0) is 37.6 Å². The second-order valence-corrected chi connectivity index (χ2v) is 7.13. The van der Waals surface area contributed by atoms with Crippen molar-refractivity contribution in [2.75, 3.05) is 0 Å². The maximum Gasteiger partial charge on any atom is 0.272 e. The van der Waals surface area contributed by atoms with Gasteiger partial charge in [0.15, 0.2) is 0 Å². The van der Waals surface area contributed by atoms with Crippen LogP contribution in [0.2, 0.25) is 5.02 Å². The number of aryl methyl sites for hydroxylation is 2. The average molecular weight is 404 g/mol. The quantitative estimate of drug-likeness (QED) is 0.384. The first kappa shape index (κ1) is 18.8. The van der Waals surface area contributed by atoms with Gasteiger partial charge in [0.05, 0.1) is 29.2 Å². The Balaban J connectivity index is 1.58. The Labute approximate surface area is 172 Å². The number of hydrogen-bond acceptors (Lipinski definition) is 4. The molecule has 0 atom stereocenters. The second kappa shape index (κ2) is 7.85. The van der Waals surface area contributed by atoms with Crippen LogP contribution in [0.5, 0.6) is 0 Å². The number of carbonyl (C=O) groups is 1. The van der Waals surface area contributed by atoms with E-state index in [4.69, 9.17) is 11.6 Å². The van der Waals surface area contributed by atoms with Gasteiger partial charge in [0.2, 0.25) is 0 Å². The minimum Gasteiger partial charge on any atom is -0.277 e. The van der Waals surface area contributed by atoms with Crippen LogP contribution in [0.15, 0.2) is 59.8 Å². The summed E-state index contributed by atoms with van der Waals surface area (Å²) in [7, 11) is 0. The molecule has 0 radical (unpaired) electrons. The molecule has 0 spiro atoms. The molecule has 6 nitrogen and oxygen atoms in total. The van der Waals surface area contributed by atoms with Crippen LogP contribution in [-0.2, 0) is 0 Å². The molecule has 0 unspecified atom stereocenters. The fourth-order valence-electron chi connectivity index (χ4n) is 3.17. The Morgan fingerprint density at radius 1 is 1.17 bits per heavy atom. The summed E-state index contributed by atoms with van der Waals surface area (Å²) in [4.78, 5) is 17.3. The summed E-state index contributed by atoms with van der Waals surface area (Å²) in [5.41, 5.74) is 8.23. The summed E-state index contributed by atoms with van der Waals surface area (Å²) in [6.07, 6.45) is 3.21. The van der Waals surface area contributed by atoms with Gasteiger partial charge >= 0.3 is 0 Å². The number of benzene rings is 2. The Morgan fingerprint density at radius 2 is 1.97 bits per heavy atom. The highest BCUT2D eigenvalue weighted by atomic mass is 35.5. The lowest BCUT2D eigenvalue weighted by atomic mass is 10.0. The van der Waals surface area contributed by atoms with Gasteiger partial charge in [-0.3, -0.25) is 14.9 Å². The molecule has 0 saturated carbocycles. The summed E-state index contributed by atoms with van der Waals surface area (Å²) in [5.74, 6) is -0.293. The summed E-state index contributed by atoms with van der Waals surface area (Å²) >= 11 is 5.95. The zero-order chi connectivity index (χ0) is 20.4. The molecule has 2 aromatic heterocycles. The van der Waals surface area contributed by atoms with Gasteiger partial charge in [0.1, 0.15) is 0 Å². The number of fused-ring (bicyclic) bond motifs is 1. The van der Waals surface area contributed by atoms with Crippen molar-refractivity contribution in [3.63, 3.8) is 0 Å². The first-order valence-electron chi connectivity index (χ1n) is 9.02. The number of aromatic amines is 1. The molecule has 0 aliphatic heterocycles. The number of carbonyl (C=O) groups excluding carboxylic acids is 1. The zero-order valence-electron chi connectivity index (χ0n) is 15.9. The molecule has 0 aliphatic carbocycles. The molecular weight excluding hydrogens is 386 g/mol. The molecule has 0 aliphatic rings. The van der Waals surface area contributed by atoms with Crippen molar-refractivity contribution in [2.24, 2.45) is 5.10 Å². The number of rotatable bonds is 4. The van der Waals surface area contributed by atoms with Crippen molar-refractivity contribution in [1.29, 1.82) is 0 Å². The normalized spacial score (nSPS) is 11.3. The Hall–Kier alpha value is -3.51. The van der Waals surface area contributed by atoms with Gasteiger partial charge in [0, 0.05) is 27.2 Å². The number of nitrogens with one attached hydrogen (secondary N) is 2. The SMILES string of the molecule is Cc1cc(C(=O)N/N=C\c2cn[nH]c2-c2ccc(Cl)cc2)c2cccc(C)c2n1. The molecule has 2 N–H and O–H groups in total. The number of amides is 1. The number of pyridine rings is 1. The maximum atomic E-state index is 12.8. The summed E-state index contributed by atoms with van der Waals surface area (Å²) < 4.78 is 0. The number of H-pyrrole nitrogens is 1. The predicted octanol–water partition coefficient (Wildman–Crippen LogP) is 4.66. The van der Waals surface area contributed by atoms with Crippen molar-refractivity contribution in [3.05, 3.63) is 82.1 Å². The van der Waals surface area contributed by atoms with E-state index in [1.165, 1.54) is 0 Å². The average Bonchev–Trinajstić information content (AvgIpc) is 3.17. The molecular formula is C22H18ClN5O. The molecule has 144 valence electrons. The van der Waals surface area contributed by atoms with Gasteiger partial charge in [0.25, 0.3) is 5.91 Å². The van der Waals surface area contributed by atoms with E-state index in [1.54, 1.807) is 30.6 Å². The lowest BCUT2D eigenvalue weighted by molar-refractivity contribution is 0.0956. The summed E-state index contributed by atoms with van der Waals surface area (Å²) in [6, 6.07) is 14.9. The van der Waals surface area contributed by atoms with Gasteiger partial charge in [-0.25, -0.2) is 5.43 Å². The van der Waals surface area contributed by atoms with E-state index in [9.17, 15) is 4.79 Å². The molecule has 4 aromatic rings. The minimum absolute atomic E-state index is 0.293. The highest BCUT2D eigenvalue weighted by Gasteiger charge is 2.13. The smallest absolute Gasteiger partial charge is 0.272 e. The number of hydrogen-bond donors (Lipinski definition) is 2. The maximum absolute atomic E-state index is 12.8. The lowest BCUT2D eigenvalue weighted by Crippen LogP contribution is -2.18. The number of hydrazone groups is 1. The van der Waals surface area contributed by atoms with Crippen LogP contribution in [-0.4, -0.2) is 27.3 Å². The molecule has 2 heterocycles. The predicted molar refractivity (Wildman–Crippen MR) is 115 cm³/mol. The molecule has 2 aromatic carbocycles. The highest BCUT2D eigenvalue weighted by Crippen LogP contribution is 2.23. The topological polar surface area (TPSA) is 83.0 Å². The van der Waals surface area contributed by atoms with Crippen molar-refractivity contribution in [1.82, 2.24) is 20.6 Å². The van der Waals surface area contributed by atoms with Crippen LogP contribution < -0.4 is 5.43 Å². The molecule has 4 rings (SSSR count). The van der Waals surface area contributed by atoms with E-state index >= 15 is 0 Å². The van der Waals surface area contributed by atoms with Crippen molar-refractivity contribution < 1.29 is 4.79 Å². The van der Waals surface area contributed by atoms with Crippen LogP contribution in [0.4, 0.5) is 0 Å². The van der Waals surface area contributed by atoms with E-state index in [1.807, 2.05) is 44.2 Å².